The van der Waals surface area contributed by atoms with Gasteiger partial charge in [-0.3, -0.25) is 4.79 Å². The van der Waals surface area contributed by atoms with Crippen molar-refractivity contribution in [1.29, 1.82) is 0 Å². The lowest BCUT2D eigenvalue weighted by molar-refractivity contribution is -0.182. The topological polar surface area (TPSA) is 50.4 Å². The standard InChI is InChI=1S/C13H21F3N2O2.ClH/c14-13(15,16)9-1-3-10(4-2-9)18-12(19)7-11-8-17-5-6-20-11;/h9-11,17H,1-8H2,(H,18,19);1H. The molecule has 0 bridgehead atoms. The van der Waals surface area contributed by atoms with E-state index in [9.17, 15) is 18.0 Å². The highest BCUT2D eigenvalue weighted by Gasteiger charge is 2.41. The molecule has 1 aliphatic carbocycles. The van der Waals surface area contributed by atoms with Gasteiger partial charge in [0, 0.05) is 19.1 Å². The third kappa shape index (κ3) is 6.00. The van der Waals surface area contributed by atoms with Gasteiger partial charge in [-0.05, 0) is 25.7 Å². The number of hydrogen-bond donors (Lipinski definition) is 2. The second-order valence-corrected chi connectivity index (χ2v) is 5.56. The van der Waals surface area contributed by atoms with Crippen molar-refractivity contribution in [3.63, 3.8) is 0 Å². The summed E-state index contributed by atoms with van der Waals surface area (Å²) < 4.78 is 43.0. The molecular weight excluding hydrogens is 309 g/mol. The van der Waals surface area contributed by atoms with Crippen molar-refractivity contribution in [3.05, 3.63) is 0 Å². The van der Waals surface area contributed by atoms with Crippen LogP contribution in [-0.2, 0) is 9.53 Å². The lowest BCUT2D eigenvalue weighted by atomic mass is 9.85. The summed E-state index contributed by atoms with van der Waals surface area (Å²) in [5, 5.41) is 5.96. The Balaban J connectivity index is 0.00000220. The van der Waals surface area contributed by atoms with Gasteiger partial charge >= 0.3 is 6.18 Å². The van der Waals surface area contributed by atoms with Crippen LogP contribution in [0.15, 0.2) is 0 Å². The summed E-state index contributed by atoms with van der Waals surface area (Å²) in [6, 6.07) is -0.127. The number of amides is 1. The summed E-state index contributed by atoms with van der Waals surface area (Å²) in [5.41, 5.74) is 0. The summed E-state index contributed by atoms with van der Waals surface area (Å²) in [5.74, 6) is -1.34. The molecule has 0 aromatic carbocycles. The zero-order valence-corrected chi connectivity index (χ0v) is 12.6. The lowest BCUT2D eigenvalue weighted by Gasteiger charge is -2.31. The average Bonchev–Trinajstić information content (AvgIpc) is 2.39. The molecule has 1 aliphatic heterocycles. The van der Waals surface area contributed by atoms with E-state index in [0.29, 0.717) is 26.0 Å². The highest BCUT2D eigenvalue weighted by atomic mass is 35.5. The Hall–Kier alpha value is -0.530. The van der Waals surface area contributed by atoms with Gasteiger partial charge in [0.15, 0.2) is 0 Å². The molecule has 4 nitrogen and oxygen atoms in total. The zero-order valence-electron chi connectivity index (χ0n) is 11.7. The van der Waals surface area contributed by atoms with Crippen LogP contribution in [0.4, 0.5) is 13.2 Å². The molecule has 2 N–H and O–H groups in total. The second kappa shape index (κ2) is 8.19. The zero-order chi connectivity index (χ0) is 14.6. The minimum Gasteiger partial charge on any atom is -0.375 e. The Morgan fingerprint density at radius 3 is 2.43 bits per heavy atom. The summed E-state index contributed by atoms with van der Waals surface area (Å²) in [4.78, 5) is 11.8. The van der Waals surface area contributed by atoms with Gasteiger partial charge in [0.2, 0.25) is 5.91 Å². The van der Waals surface area contributed by atoms with Crippen molar-refractivity contribution in [2.75, 3.05) is 19.7 Å². The molecule has 8 heteroatoms. The molecule has 0 aromatic heterocycles. The van der Waals surface area contributed by atoms with Crippen LogP contribution in [0.25, 0.3) is 0 Å². The third-order valence-electron chi connectivity index (χ3n) is 3.97. The minimum atomic E-state index is -4.10. The number of alkyl halides is 3. The summed E-state index contributed by atoms with van der Waals surface area (Å²) in [6.45, 7) is 2.03. The fourth-order valence-electron chi connectivity index (χ4n) is 2.81. The highest BCUT2D eigenvalue weighted by Crippen LogP contribution is 2.37. The maximum Gasteiger partial charge on any atom is 0.391 e. The van der Waals surface area contributed by atoms with E-state index in [2.05, 4.69) is 10.6 Å². The van der Waals surface area contributed by atoms with Gasteiger partial charge in [0.05, 0.1) is 25.0 Å². The number of nitrogens with one attached hydrogen (secondary N) is 2. The predicted octanol–water partition coefficient (Wildman–Crippen LogP) is 2.02. The van der Waals surface area contributed by atoms with E-state index >= 15 is 0 Å². The molecular formula is C13H22ClF3N2O2. The van der Waals surface area contributed by atoms with E-state index < -0.39 is 12.1 Å². The molecule has 1 amide bonds. The van der Waals surface area contributed by atoms with Crippen LogP contribution in [0.2, 0.25) is 0 Å². The van der Waals surface area contributed by atoms with Gasteiger partial charge in [-0.25, -0.2) is 0 Å². The van der Waals surface area contributed by atoms with Crippen molar-refractivity contribution >= 4 is 18.3 Å². The first kappa shape index (κ1) is 18.5. The fraction of sp³-hybridized carbons (Fsp3) is 0.923. The monoisotopic (exact) mass is 330 g/mol. The molecule has 1 unspecified atom stereocenters. The molecule has 2 aliphatic rings. The Morgan fingerprint density at radius 2 is 1.90 bits per heavy atom. The van der Waals surface area contributed by atoms with Crippen molar-refractivity contribution in [2.45, 2.75) is 50.4 Å². The van der Waals surface area contributed by atoms with E-state index in [1.165, 1.54) is 0 Å². The van der Waals surface area contributed by atoms with Gasteiger partial charge in [0.1, 0.15) is 0 Å². The molecule has 21 heavy (non-hydrogen) atoms. The average molecular weight is 331 g/mol. The quantitative estimate of drug-likeness (QED) is 0.832. The number of carbonyl (C=O) groups is 1. The van der Waals surface area contributed by atoms with E-state index in [4.69, 9.17) is 4.74 Å². The normalized spacial score (nSPS) is 30.3. The first-order chi connectivity index (χ1) is 9.45. The first-order valence-electron chi connectivity index (χ1n) is 7.13. The van der Waals surface area contributed by atoms with Gasteiger partial charge in [0.25, 0.3) is 0 Å². The van der Waals surface area contributed by atoms with Crippen LogP contribution >= 0.6 is 12.4 Å². The van der Waals surface area contributed by atoms with Crippen molar-refractivity contribution in [3.8, 4) is 0 Å². The molecule has 0 spiro atoms. The number of carbonyl (C=O) groups excluding carboxylic acids is 1. The van der Waals surface area contributed by atoms with Crippen molar-refractivity contribution in [2.24, 2.45) is 5.92 Å². The number of morpholine rings is 1. The Labute approximate surface area is 128 Å². The molecule has 124 valence electrons. The van der Waals surface area contributed by atoms with Gasteiger partial charge in [-0.15, -0.1) is 12.4 Å². The van der Waals surface area contributed by atoms with Crippen LogP contribution in [-0.4, -0.2) is 43.9 Å². The van der Waals surface area contributed by atoms with E-state index in [1.807, 2.05) is 0 Å². The highest BCUT2D eigenvalue weighted by molar-refractivity contribution is 5.85. The maximum atomic E-state index is 12.5. The minimum absolute atomic E-state index is 0. The molecule has 0 aromatic rings. The summed E-state index contributed by atoms with van der Waals surface area (Å²) >= 11 is 0. The fourth-order valence-corrected chi connectivity index (χ4v) is 2.81. The second-order valence-electron chi connectivity index (χ2n) is 5.56. The molecule has 2 fully saturated rings. The number of halogens is 4. The largest absolute Gasteiger partial charge is 0.391 e. The molecule has 2 rings (SSSR count). The summed E-state index contributed by atoms with van der Waals surface area (Å²) in [6.07, 6.45) is -2.94. The van der Waals surface area contributed by atoms with Crippen LogP contribution in [0, 0.1) is 5.92 Å². The van der Waals surface area contributed by atoms with Crippen LogP contribution in [0.5, 0.6) is 0 Å². The molecule has 1 atom stereocenters. The van der Waals surface area contributed by atoms with Crippen LogP contribution < -0.4 is 10.6 Å². The Bertz CT molecular complexity index is 328. The van der Waals surface area contributed by atoms with Gasteiger partial charge in [-0.1, -0.05) is 0 Å². The van der Waals surface area contributed by atoms with E-state index in [1.54, 1.807) is 0 Å². The first-order valence-corrected chi connectivity index (χ1v) is 7.13. The number of hydrogen-bond acceptors (Lipinski definition) is 3. The van der Waals surface area contributed by atoms with Gasteiger partial charge < -0.3 is 15.4 Å². The van der Waals surface area contributed by atoms with E-state index in [-0.39, 0.29) is 49.7 Å². The lowest BCUT2D eigenvalue weighted by Crippen LogP contribution is -2.44. The Kier molecular flexibility index (Phi) is 7.23. The smallest absolute Gasteiger partial charge is 0.375 e. The summed E-state index contributed by atoms with van der Waals surface area (Å²) in [7, 11) is 0. The van der Waals surface area contributed by atoms with Crippen LogP contribution in [0.1, 0.15) is 32.1 Å². The maximum absolute atomic E-state index is 12.5. The Morgan fingerprint density at radius 1 is 1.24 bits per heavy atom. The van der Waals surface area contributed by atoms with E-state index in [0.717, 1.165) is 6.54 Å². The molecule has 1 saturated carbocycles. The van der Waals surface area contributed by atoms with Crippen molar-refractivity contribution in [1.82, 2.24) is 10.6 Å². The van der Waals surface area contributed by atoms with Crippen LogP contribution in [0.3, 0.4) is 0 Å². The number of ether oxygens (including phenoxy) is 1. The number of rotatable bonds is 3. The van der Waals surface area contributed by atoms with Gasteiger partial charge in [-0.2, -0.15) is 13.2 Å². The SMILES string of the molecule is Cl.O=C(CC1CNCCO1)NC1CCC(C(F)(F)F)CC1. The molecule has 1 heterocycles. The molecule has 1 saturated heterocycles. The van der Waals surface area contributed by atoms with Crippen molar-refractivity contribution < 1.29 is 22.7 Å². The third-order valence-corrected chi connectivity index (χ3v) is 3.97. The predicted molar refractivity (Wildman–Crippen MR) is 74.4 cm³/mol. The molecule has 0 radical (unpaired) electrons.